The van der Waals surface area contributed by atoms with Gasteiger partial charge in [-0.3, -0.25) is 0 Å². The number of hydrogen-bond acceptors (Lipinski definition) is 4. The standard InChI is InChI=1S/C8H8B2F3N5S/c9-19(10,11,12,13)6-3-1-2-5(4-6)15-8-16-7(14)17-18-8/h1-4H,(H4,14,15,16,17,18). The van der Waals surface area contributed by atoms with E-state index in [1.165, 1.54) is 12.1 Å². The minimum Gasteiger partial charge on any atom is -0.368 e. The molecule has 2 aromatic rings. The Labute approximate surface area is 108 Å². The molecule has 2 rings (SSSR count). The molecule has 0 saturated carbocycles. The smallest absolute Gasteiger partial charge is 0.248 e. The van der Waals surface area contributed by atoms with Crippen LogP contribution < -0.4 is 11.1 Å². The van der Waals surface area contributed by atoms with Crippen LogP contribution in [0, 0.1) is 0 Å². The minimum absolute atomic E-state index is 0.0352. The lowest BCUT2D eigenvalue weighted by atomic mass is 10.3. The molecule has 1 heterocycles. The molecule has 4 radical (unpaired) electrons. The highest BCUT2D eigenvalue weighted by atomic mass is 32.4. The molecule has 1 aromatic carbocycles. The SMILES string of the molecule is [B]S([B])(F)(F)(F)c1cccc(Nc2n[nH]c(N)n2)c1. The van der Waals surface area contributed by atoms with Crippen molar-refractivity contribution in [1.29, 1.82) is 0 Å². The summed E-state index contributed by atoms with van der Waals surface area (Å²) in [6, 6.07) is 4.15. The van der Waals surface area contributed by atoms with E-state index in [2.05, 4.69) is 34.7 Å². The molecule has 0 aliphatic rings. The molecule has 0 atom stereocenters. The summed E-state index contributed by atoms with van der Waals surface area (Å²) in [5.41, 5.74) is 5.38. The van der Waals surface area contributed by atoms with Crippen molar-refractivity contribution < 1.29 is 11.7 Å². The summed E-state index contributed by atoms with van der Waals surface area (Å²) in [5, 5.41) is 8.52. The van der Waals surface area contributed by atoms with E-state index < -0.39 is 14.0 Å². The number of aromatic amines is 1. The van der Waals surface area contributed by atoms with Gasteiger partial charge in [0.15, 0.2) is 0 Å². The lowest BCUT2D eigenvalue weighted by Crippen LogP contribution is -2.19. The number of nitrogens with two attached hydrogens (primary N) is 1. The number of benzene rings is 1. The number of anilines is 3. The van der Waals surface area contributed by atoms with Crippen molar-refractivity contribution in [3.63, 3.8) is 0 Å². The number of H-pyrrole nitrogens is 1. The van der Waals surface area contributed by atoms with Gasteiger partial charge in [-0.25, -0.2) is 5.10 Å². The second-order valence-corrected chi connectivity index (χ2v) is 7.11. The van der Waals surface area contributed by atoms with E-state index >= 15 is 0 Å². The van der Waals surface area contributed by atoms with Gasteiger partial charge < -0.3 is 11.1 Å². The molecule has 5 nitrogen and oxygen atoms in total. The highest BCUT2D eigenvalue weighted by molar-refractivity contribution is 8.81. The Bertz CT molecular complexity index is 627. The van der Waals surface area contributed by atoms with Crippen molar-refractivity contribution in [2.24, 2.45) is 0 Å². The summed E-state index contributed by atoms with van der Waals surface area (Å²) in [7, 11) is 1.14. The molecule has 11 heteroatoms. The van der Waals surface area contributed by atoms with Crippen LogP contribution in [0.2, 0.25) is 0 Å². The van der Waals surface area contributed by atoms with Crippen LogP contribution >= 0.6 is 9.15 Å². The third-order valence-electron chi connectivity index (χ3n) is 2.13. The van der Waals surface area contributed by atoms with Gasteiger partial charge in [-0.15, -0.1) is 5.10 Å². The lowest BCUT2D eigenvalue weighted by Gasteiger charge is -2.52. The van der Waals surface area contributed by atoms with Crippen molar-refractivity contribution in [3.05, 3.63) is 24.3 Å². The molecule has 0 aliphatic heterocycles. The van der Waals surface area contributed by atoms with E-state index in [0.29, 0.717) is 0 Å². The summed E-state index contributed by atoms with van der Waals surface area (Å²) >= 11 is 0. The summed E-state index contributed by atoms with van der Waals surface area (Å²) in [5.74, 6) is 0.0705. The molecule has 4 N–H and O–H groups in total. The van der Waals surface area contributed by atoms with Crippen LogP contribution in [0.15, 0.2) is 29.2 Å². The Morgan fingerprint density at radius 2 is 1.95 bits per heavy atom. The molecule has 98 valence electrons. The molecular weight excluding hydrogens is 277 g/mol. The van der Waals surface area contributed by atoms with Crippen molar-refractivity contribution in [2.75, 3.05) is 11.1 Å². The van der Waals surface area contributed by atoms with E-state index in [-0.39, 0.29) is 17.6 Å². The van der Waals surface area contributed by atoms with Crippen LogP contribution in [0.4, 0.5) is 29.2 Å². The van der Waals surface area contributed by atoms with E-state index in [9.17, 15) is 11.7 Å². The summed E-state index contributed by atoms with van der Waals surface area (Å²) < 4.78 is 40.4. The fourth-order valence-electron chi connectivity index (χ4n) is 1.32. The summed E-state index contributed by atoms with van der Waals surface area (Å²) in [4.78, 5) is 2.60. The van der Waals surface area contributed by atoms with E-state index in [4.69, 9.17) is 5.73 Å². The predicted octanol–water partition coefficient (Wildman–Crippen LogP) is 2.19. The average Bonchev–Trinajstić information content (AvgIpc) is 2.61. The van der Waals surface area contributed by atoms with Crippen LogP contribution in [-0.4, -0.2) is 29.4 Å². The van der Waals surface area contributed by atoms with E-state index in [0.717, 1.165) is 12.1 Å². The number of nitrogen functional groups attached to an aromatic ring is 1. The Hall–Kier alpha value is -1.77. The Balaban J connectivity index is 2.36. The Morgan fingerprint density at radius 1 is 1.26 bits per heavy atom. The highest BCUT2D eigenvalue weighted by Crippen LogP contribution is 2.92. The fourth-order valence-corrected chi connectivity index (χ4v) is 2.11. The highest BCUT2D eigenvalue weighted by Gasteiger charge is 2.52. The van der Waals surface area contributed by atoms with Gasteiger partial charge in [-0.1, -0.05) is 6.07 Å². The maximum atomic E-state index is 13.5. The minimum atomic E-state index is -7.70. The number of nitrogens with one attached hydrogen (secondary N) is 2. The zero-order chi connectivity index (χ0) is 14.4. The van der Waals surface area contributed by atoms with Gasteiger partial charge in [0.1, 0.15) is 0 Å². The number of halogens is 3. The molecule has 0 spiro atoms. The lowest BCUT2D eigenvalue weighted by molar-refractivity contribution is 0.606. The molecule has 0 unspecified atom stereocenters. The van der Waals surface area contributed by atoms with Gasteiger partial charge in [0.05, 0.1) is 0 Å². The summed E-state index contributed by atoms with van der Waals surface area (Å²) in [6.45, 7) is 0. The van der Waals surface area contributed by atoms with Crippen LogP contribution in [-0.2, 0) is 0 Å². The number of rotatable bonds is 3. The molecule has 0 bridgehead atoms. The Morgan fingerprint density at radius 3 is 2.47 bits per heavy atom. The van der Waals surface area contributed by atoms with Crippen LogP contribution in [0.3, 0.4) is 0 Å². The van der Waals surface area contributed by atoms with Crippen LogP contribution in [0.25, 0.3) is 0 Å². The molecule has 0 saturated heterocycles. The molecule has 1 aromatic heterocycles. The van der Waals surface area contributed by atoms with E-state index in [1.807, 2.05) is 0 Å². The molecule has 19 heavy (non-hydrogen) atoms. The van der Waals surface area contributed by atoms with Crippen molar-refractivity contribution in [1.82, 2.24) is 15.2 Å². The van der Waals surface area contributed by atoms with Crippen molar-refractivity contribution in [2.45, 2.75) is 4.90 Å². The summed E-state index contributed by atoms with van der Waals surface area (Å²) in [6.07, 6.45) is 0. The third kappa shape index (κ3) is 3.37. The zero-order valence-corrected chi connectivity index (χ0v) is 10.3. The van der Waals surface area contributed by atoms with Gasteiger partial charge in [0, 0.05) is 19.7 Å². The van der Waals surface area contributed by atoms with Gasteiger partial charge in [0.25, 0.3) is 0 Å². The first-order valence-electron chi connectivity index (χ1n) is 4.89. The number of hydrogen-bond donors (Lipinski definition) is 3. The normalized spacial score (nSPS) is 15.5. The fraction of sp³-hybridized carbons (Fsp3) is 0. The quantitative estimate of drug-likeness (QED) is 0.755. The monoisotopic (exact) mass is 285 g/mol. The first-order valence-corrected chi connectivity index (χ1v) is 7.17. The van der Waals surface area contributed by atoms with Gasteiger partial charge >= 0.3 is 0 Å². The van der Waals surface area contributed by atoms with Crippen molar-refractivity contribution in [3.8, 4) is 0 Å². The molecule has 0 amide bonds. The Kier molecular flexibility index (Phi) is 2.45. The zero-order valence-electron chi connectivity index (χ0n) is 9.48. The van der Waals surface area contributed by atoms with Gasteiger partial charge in [0.2, 0.25) is 26.1 Å². The average molecular weight is 285 g/mol. The number of nitrogens with zero attached hydrogens (tertiary/aromatic N) is 2. The van der Waals surface area contributed by atoms with Gasteiger partial charge in [-0.2, -0.15) is 16.6 Å². The predicted molar refractivity (Wildman–Crippen MR) is 71.2 cm³/mol. The number of aromatic nitrogens is 3. The van der Waals surface area contributed by atoms with E-state index in [1.54, 1.807) is 0 Å². The maximum absolute atomic E-state index is 13.5. The first-order chi connectivity index (χ1) is 8.44. The van der Waals surface area contributed by atoms with Gasteiger partial charge in [-0.05, 0) is 18.2 Å². The molecule has 0 fully saturated rings. The molecular formula is C8H8B2F3N5S. The largest absolute Gasteiger partial charge is 0.368 e. The van der Waals surface area contributed by atoms with Crippen LogP contribution in [0.1, 0.15) is 0 Å². The second-order valence-electron chi connectivity index (χ2n) is 4.01. The van der Waals surface area contributed by atoms with Crippen molar-refractivity contribution >= 4 is 41.0 Å². The molecule has 0 aliphatic carbocycles. The third-order valence-corrected chi connectivity index (χ3v) is 3.47. The topological polar surface area (TPSA) is 79.6 Å². The van der Waals surface area contributed by atoms with Crippen LogP contribution in [0.5, 0.6) is 0 Å². The first kappa shape index (κ1) is 13.7. The second kappa shape index (κ2) is 3.41. The maximum Gasteiger partial charge on any atom is 0.248 e.